The van der Waals surface area contributed by atoms with Crippen LogP contribution in [0.3, 0.4) is 0 Å². The van der Waals surface area contributed by atoms with Crippen molar-refractivity contribution in [2.24, 2.45) is 5.73 Å². The summed E-state index contributed by atoms with van der Waals surface area (Å²) >= 11 is 0. The minimum absolute atomic E-state index is 0.0337. The van der Waals surface area contributed by atoms with Crippen LogP contribution in [-0.2, 0) is 6.54 Å². The molecule has 107 valence electrons. The molecule has 0 aromatic heterocycles. The second kappa shape index (κ2) is 5.36. The zero-order valence-corrected chi connectivity index (χ0v) is 10.2. The summed E-state index contributed by atoms with van der Waals surface area (Å²) in [5.41, 5.74) is 4.17. The quantitative estimate of drug-likeness (QED) is 0.825. The summed E-state index contributed by atoms with van der Waals surface area (Å²) in [6.45, 7) is -0.0498. The number of rotatable bonds is 2. The second-order valence-electron chi connectivity index (χ2n) is 4.31. The molecule has 0 aliphatic heterocycles. The van der Waals surface area contributed by atoms with Crippen LogP contribution >= 0.6 is 0 Å². The van der Waals surface area contributed by atoms with Crippen LogP contribution in [0.5, 0.6) is 0 Å². The highest BCUT2D eigenvalue weighted by atomic mass is 19.4. The first-order valence-electron chi connectivity index (χ1n) is 5.80. The Morgan fingerprint density at radius 2 is 1.90 bits per heavy atom. The van der Waals surface area contributed by atoms with Gasteiger partial charge in [-0.1, -0.05) is 18.2 Å². The summed E-state index contributed by atoms with van der Waals surface area (Å²) in [4.78, 5) is 0. The fourth-order valence-corrected chi connectivity index (χ4v) is 1.96. The zero-order valence-electron chi connectivity index (χ0n) is 10.2. The van der Waals surface area contributed by atoms with E-state index in [2.05, 4.69) is 0 Å². The Morgan fingerprint density at radius 3 is 2.45 bits per heavy atom. The maximum atomic E-state index is 13.6. The fourth-order valence-electron chi connectivity index (χ4n) is 1.96. The molecule has 6 heteroatoms. The lowest BCUT2D eigenvalue weighted by atomic mass is 9.90. The first-order chi connectivity index (χ1) is 9.32. The zero-order chi connectivity index (χ0) is 14.9. The number of alkyl halides is 4. The van der Waals surface area contributed by atoms with Crippen molar-refractivity contribution in [1.29, 1.82) is 0 Å². The first-order valence-corrected chi connectivity index (χ1v) is 5.80. The molecule has 0 saturated carbocycles. The first kappa shape index (κ1) is 14.7. The van der Waals surface area contributed by atoms with Crippen molar-refractivity contribution in [3.63, 3.8) is 0 Å². The van der Waals surface area contributed by atoms with Gasteiger partial charge < -0.3 is 5.73 Å². The predicted octanol–water partition coefficient (Wildman–Crippen LogP) is 3.71. The molecule has 0 fully saturated rings. The van der Waals surface area contributed by atoms with Gasteiger partial charge in [-0.3, -0.25) is 0 Å². The van der Waals surface area contributed by atoms with Gasteiger partial charge in [-0.2, -0.15) is 13.2 Å². The third-order valence-corrected chi connectivity index (χ3v) is 2.95. The molecule has 1 aliphatic carbocycles. The van der Waals surface area contributed by atoms with Gasteiger partial charge in [-0.25, -0.2) is 8.78 Å². The van der Waals surface area contributed by atoms with Crippen LogP contribution in [-0.4, -0.2) is 12.3 Å². The lowest BCUT2D eigenvalue weighted by molar-refractivity contribution is -0.0901. The van der Waals surface area contributed by atoms with Crippen molar-refractivity contribution in [3.8, 4) is 0 Å². The number of nitrogens with two attached hydrogens (primary N) is 1. The van der Waals surface area contributed by atoms with Crippen molar-refractivity contribution in [2.75, 3.05) is 0 Å². The third-order valence-electron chi connectivity index (χ3n) is 2.95. The van der Waals surface area contributed by atoms with E-state index in [0.29, 0.717) is 6.42 Å². The Hall–Kier alpha value is -1.69. The molecule has 1 nitrogen and oxygen atoms in total. The predicted molar refractivity (Wildman–Crippen MR) is 65.6 cm³/mol. The number of benzene rings is 1. The summed E-state index contributed by atoms with van der Waals surface area (Å²) < 4.78 is 65.4. The van der Waals surface area contributed by atoms with Gasteiger partial charge in [0.15, 0.2) is 0 Å². The Kier molecular flexibility index (Phi) is 3.94. The van der Waals surface area contributed by atoms with Gasteiger partial charge in [0.1, 0.15) is 12.0 Å². The van der Waals surface area contributed by atoms with Crippen molar-refractivity contribution in [1.82, 2.24) is 0 Å². The van der Waals surface area contributed by atoms with Crippen molar-refractivity contribution in [2.45, 2.75) is 18.9 Å². The Labute approximate surface area is 112 Å². The van der Waals surface area contributed by atoms with Gasteiger partial charge >= 0.3 is 6.18 Å². The van der Waals surface area contributed by atoms with E-state index in [1.54, 1.807) is 0 Å². The summed E-state index contributed by atoms with van der Waals surface area (Å²) in [6, 6.07) is 3.63. The summed E-state index contributed by atoms with van der Waals surface area (Å²) in [5, 5.41) is 0. The van der Waals surface area contributed by atoms with E-state index in [1.807, 2.05) is 0 Å². The topological polar surface area (TPSA) is 26.0 Å². The molecular formula is C14H11F5N. The molecule has 1 atom stereocenters. The summed E-state index contributed by atoms with van der Waals surface area (Å²) in [7, 11) is 0. The molecule has 0 heterocycles. The van der Waals surface area contributed by atoms with Crippen LogP contribution in [0.2, 0.25) is 0 Å². The molecule has 1 aliphatic rings. The van der Waals surface area contributed by atoms with Gasteiger partial charge in [-0.15, -0.1) is 0 Å². The monoisotopic (exact) mass is 288 g/mol. The molecule has 0 bridgehead atoms. The molecule has 0 amide bonds. The summed E-state index contributed by atoms with van der Waals surface area (Å²) in [6.07, 6.45) is -4.02. The average molecular weight is 288 g/mol. The molecule has 1 aromatic rings. The van der Waals surface area contributed by atoms with Crippen LogP contribution in [0, 0.1) is 12.2 Å². The third kappa shape index (κ3) is 2.90. The van der Waals surface area contributed by atoms with Gasteiger partial charge in [0.2, 0.25) is 0 Å². The molecule has 1 aromatic carbocycles. The molecular weight excluding hydrogens is 277 g/mol. The van der Waals surface area contributed by atoms with Gasteiger partial charge in [0, 0.05) is 24.1 Å². The molecule has 1 radical (unpaired) electrons. The van der Waals surface area contributed by atoms with Gasteiger partial charge in [0.25, 0.3) is 0 Å². The molecule has 1 unspecified atom stereocenters. The van der Waals surface area contributed by atoms with E-state index < -0.39 is 23.7 Å². The van der Waals surface area contributed by atoms with E-state index in [4.69, 9.17) is 5.73 Å². The fraction of sp³-hybridized carbons (Fsp3) is 0.214. The second-order valence-corrected chi connectivity index (χ2v) is 4.31. The van der Waals surface area contributed by atoms with Crippen LogP contribution < -0.4 is 5.73 Å². The standard InChI is InChI=1S/C14H11F5N/c15-10-3-4-11(12(6-10)14(17,18)19)8-1-2-9(7-20)13(16)5-8/h1-6,10H,7,20H2. The van der Waals surface area contributed by atoms with Crippen LogP contribution in [0.1, 0.15) is 11.1 Å². The average Bonchev–Trinajstić information content (AvgIpc) is 2.37. The molecule has 0 spiro atoms. The van der Waals surface area contributed by atoms with Crippen molar-refractivity contribution < 1.29 is 22.0 Å². The molecule has 0 saturated heterocycles. The Morgan fingerprint density at radius 1 is 1.20 bits per heavy atom. The molecule has 2 rings (SSSR count). The van der Waals surface area contributed by atoms with Gasteiger partial charge in [0.05, 0.1) is 0 Å². The number of allylic oxidation sites excluding steroid dienone is 4. The molecule has 20 heavy (non-hydrogen) atoms. The van der Waals surface area contributed by atoms with E-state index in [-0.39, 0.29) is 23.2 Å². The Balaban J connectivity index is 2.53. The lowest BCUT2D eigenvalue weighted by Gasteiger charge is -2.20. The van der Waals surface area contributed by atoms with E-state index in [1.165, 1.54) is 12.1 Å². The normalized spacial score (nSPS) is 19.6. The smallest absolute Gasteiger partial charge is 0.326 e. The highest BCUT2D eigenvalue weighted by Gasteiger charge is 2.38. The maximum absolute atomic E-state index is 13.6. The lowest BCUT2D eigenvalue weighted by Crippen LogP contribution is -2.20. The maximum Gasteiger partial charge on any atom is 0.413 e. The number of hydrogen-bond donors (Lipinski definition) is 1. The van der Waals surface area contributed by atoms with E-state index >= 15 is 0 Å². The molecule has 2 N–H and O–H groups in total. The van der Waals surface area contributed by atoms with Crippen LogP contribution in [0.15, 0.2) is 35.9 Å². The van der Waals surface area contributed by atoms with E-state index in [0.717, 1.165) is 18.2 Å². The number of hydrogen-bond acceptors (Lipinski definition) is 1. The van der Waals surface area contributed by atoms with E-state index in [9.17, 15) is 22.0 Å². The van der Waals surface area contributed by atoms with Crippen molar-refractivity contribution >= 4 is 5.57 Å². The summed E-state index contributed by atoms with van der Waals surface area (Å²) in [5.74, 6) is -0.685. The largest absolute Gasteiger partial charge is 0.413 e. The van der Waals surface area contributed by atoms with Crippen LogP contribution in [0.25, 0.3) is 5.57 Å². The highest BCUT2D eigenvalue weighted by Crippen LogP contribution is 2.39. The minimum atomic E-state index is -4.70. The Bertz CT molecular complexity index is 571. The van der Waals surface area contributed by atoms with Crippen molar-refractivity contribution in [3.05, 3.63) is 59.3 Å². The highest BCUT2D eigenvalue weighted by molar-refractivity contribution is 5.80. The SMILES string of the molecule is NCc1ccc(C2=C(C(F)(F)F)[CH]C(F)C=C2)cc1F. The minimum Gasteiger partial charge on any atom is -0.326 e. The van der Waals surface area contributed by atoms with Gasteiger partial charge in [-0.05, 0) is 23.3 Å². The number of halogens is 5. The van der Waals surface area contributed by atoms with Crippen LogP contribution in [0.4, 0.5) is 22.0 Å².